The molecule has 0 N–H and O–H groups in total. The Morgan fingerprint density at radius 2 is 2.00 bits per heavy atom. The Labute approximate surface area is 129 Å². The highest BCUT2D eigenvalue weighted by Gasteiger charge is 2.34. The van der Waals surface area contributed by atoms with E-state index < -0.39 is 0 Å². The molecule has 1 aromatic carbocycles. The lowest BCUT2D eigenvalue weighted by Gasteiger charge is -2.12. The molecule has 2 rings (SSSR count). The first kappa shape index (κ1) is 15.6. The van der Waals surface area contributed by atoms with Gasteiger partial charge in [0.05, 0.1) is 11.0 Å². The summed E-state index contributed by atoms with van der Waals surface area (Å²) < 4.78 is 5.73. The molecule has 2 amide bonds. The summed E-state index contributed by atoms with van der Waals surface area (Å²) in [7, 11) is 0. The van der Waals surface area contributed by atoms with E-state index in [0.717, 1.165) is 29.5 Å². The third kappa shape index (κ3) is 3.67. The first-order valence-electron chi connectivity index (χ1n) is 7.04. The van der Waals surface area contributed by atoms with Gasteiger partial charge in [0, 0.05) is 12.1 Å². The average Bonchev–Trinajstić information content (AvgIpc) is 2.69. The van der Waals surface area contributed by atoms with Gasteiger partial charge in [-0.3, -0.25) is 14.5 Å². The Balaban J connectivity index is 2.28. The summed E-state index contributed by atoms with van der Waals surface area (Å²) in [6.45, 7) is 6.31. The third-order valence-corrected chi connectivity index (χ3v) is 3.80. The number of carbonyl (C=O) groups is 2. The van der Waals surface area contributed by atoms with E-state index in [1.54, 1.807) is 6.08 Å². The highest BCUT2D eigenvalue weighted by molar-refractivity contribution is 8.18. The van der Waals surface area contributed by atoms with Gasteiger partial charge in [0.25, 0.3) is 11.1 Å². The number of carbonyl (C=O) groups excluding carboxylic acids is 2. The molecule has 0 spiro atoms. The van der Waals surface area contributed by atoms with Crippen molar-refractivity contribution in [2.75, 3.05) is 6.54 Å². The predicted molar refractivity (Wildman–Crippen MR) is 85.2 cm³/mol. The second-order valence-corrected chi connectivity index (χ2v) is 6.03. The maximum atomic E-state index is 12.2. The topological polar surface area (TPSA) is 46.6 Å². The van der Waals surface area contributed by atoms with Crippen molar-refractivity contribution in [3.63, 3.8) is 0 Å². The molecule has 112 valence electrons. The van der Waals surface area contributed by atoms with Crippen LogP contribution in [0.2, 0.25) is 0 Å². The lowest BCUT2D eigenvalue weighted by Crippen LogP contribution is -2.28. The molecule has 0 saturated carbocycles. The van der Waals surface area contributed by atoms with Gasteiger partial charge in [0.2, 0.25) is 0 Å². The van der Waals surface area contributed by atoms with Crippen molar-refractivity contribution in [1.29, 1.82) is 0 Å². The fourth-order valence-corrected chi connectivity index (χ4v) is 2.87. The number of ether oxygens (including phenoxy) is 1. The number of hydrogen-bond donors (Lipinski definition) is 0. The van der Waals surface area contributed by atoms with Crippen LogP contribution in [0.3, 0.4) is 0 Å². The Hall–Kier alpha value is -1.75. The van der Waals surface area contributed by atoms with Crippen molar-refractivity contribution in [3.8, 4) is 5.75 Å². The van der Waals surface area contributed by atoms with Gasteiger partial charge >= 0.3 is 0 Å². The van der Waals surface area contributed by atoms with Gasteiger partial charge in [0.1, 0.15) is 5.75 Å². The van der Waals surface area contributed by atoms with Crippen molar-refractivity contribution >= 4 is 29.0 Å². The lowest BCUT2D eigenvalue weighted by molar-refractivity contribution is -0.122. The molecule has 0 aliphatic carbocycles. The zero-order chi connectivity index (χ0) is 15.4. The second-order valence-electron chi connectivity index (χ2n) is 5.04. The minimum Gasteiger partial charge on any atom is -0.490 e. The molecule has 4 nitrogen and oxygen atoms in total. The summed E-state index contributed by atoms with van der Waals surface area (Å²) in [5.41, 5.74) is 0.813. The summed E-state index contributed by atoms with van der Waals surface area (Å²) >= 11 is 0.987. The van der Waals surface area contributed by atoms with Crippen molar-refractivity contribution in [2.45, 2.75) is 33.3 Å². The van der Waals surface area contributed by atoms with Crippen LogP contribution < -0.4 is 4.74 Å². The van der Waals surface area contributed by atoms with E-state index in [1.165, 1.54) is 4.90 Å². The fraction of sp³-hybridized carbons (Fsp3) is 0.375. The van der Waals surface area contributed by atoms with Crippen molar-refractivity contribution in [2.24, 2.45) is 0 Å². The van der Waals surface area contributed by atoms with E-state index >= 15 is 0 Å². The second kappa shape index (κ2) is 6.80. The molecular formula is C16H19NO3S. The summed E-state index contributed by atoms with van der Waals surface area (Å²) in [5, 5.41) is -0.199. The number of thioether (sulfide) groups is 1. The van der Waals surface area contributed by atoms with Gasteiger partial charge in [-0.1, -0.05) is 25.1 Å². The predicted octanol–water partition coefficient (Wildman–Crippen LogP) is 3.92. The lowest BCUT2D eigenvalue weighted by atomic mass is 10.2. The largest absolute Gasteiger partial charge is 0.490 e. The summed E-state index contributed by atoms with van der Waals surface area (Å²) in [5.74, 6) is 0.501. The maximum absolute atomic E-state index is 12.2. The number of benzene rings is 1. The number of nitrogens with zero attached hydrogens (tertiary/aromatic N) is 1. The van der Waals surface area contributed by atoms with Crippen molar-refractivity contribution < 1.29 is 14.3 Å². The number of imide groups is 1. The fourth-order valence-electron chi connectivity index (χ4n) is 2.02. The van der Waals surface area contributed by atoms with Crippen LogP contribution in [-0.2, 0) is 4.79 Å². The van der Waals surface area contributed by atoms with Gasteiger partial charge < -0.3 is 4.74 Å². The summed E-state index contributed by atoms with van der Waals surface area (Å²) in [6, 6.07) is 7.51. The van der Waals surface area contributed by atoms with Crippen LogP contribution in [0.25, 0.3) is 6.08 Å². The van der Waals surface area contributed by atoms with Crippen LogP contribution in [-0.4, -0.2) is 28.7 Å². The number of rotatable bonds is 5. The standard InChI is InChI=1S/C16H19NO3S/c1-4-9-17-15(18)14(21-16(17)19)10-12-7-5-6-8-13(12)20-11(2)3/h5-8,10-11H,4,9H2,1-3H3/b14-10-. The molecule has 1 aliphatic rings. The van der Waals surface area contributed by atoms with Gasteiger partial charge in [-0.25, -0.2) is 0 Å². The Morgan fingerprint density at radius 1 is 1.29 bits per heavy atom. The molecule has 0 unspecified atom stereocenters. The van der Waals surface area contributed by atoms with Crippen molar-refractivity contribution in [1.82, 2.24) is 4.90 Å². The van der Waals surface area contributed by atoms with Gasteiger partial charge in [-0.05, 0) is 44.2 Å². The number of hydrogen-bond acceptors (Lipinski definition) is 4. The molecule has 1 aliphatic heterocycles. The van der Waals surface area contributed by atoms with E-state index in [1.807, 2.05) is 45.0 Å². The third-order valence-electron chi connectivity index (χ3n) is 2.89. The Morgan fingerprint density at radius 3 is 2.67 bits per heavy atom. The quantitative estimate of drug-likeness (QED) is 0.774. The molecule has 0 aromatic heterocycles. The van der Waals surface area contributed by atoms with Gasteiger partial charge in [-0.15, -0.1) is 0 Å². The molecule has 0 atom stereocenters. The van der Waals surface area contributed by atoms with E-state index in [0.29, 0.717) is 11.4 Å². The zero-order valence-electron chi connectivity index (χ0n) is 12.5. The number of para-hydroxylation sites is 1. The first-order valence-corrected chi connectivity index (χ1v) is 7.85. The minimum atomic E-state index is -0.216. The van der Waals surface area contributed by atoms with E-state index in [9.17, 15) is 9.59 Å². The summed E-state index contributed by atoms with van der Waals surface area (Å²) in [6.07, 6.45) is 2.55. The van der Waals surface area contributed by atoms with Crippen molar-refractivity contribution in [3.05, 3.63) is 34.7 Å². The van der Waals surface area contributed by atoms with Crippen LogP contribution in [0.1, 0.15) is 32.8 Å². The van der Waals surface area contributed by atoms with Crippen LogP contribution >= 0.6 is 11.8 Å². The van der Waals surface area contributed by atoms with Gasteiger partial charge in [0.15, 0.2) is 0 Å². The Bertz CT molecular complexity index is 581. The minimum absolute atomic E-state index is 0.0507. The molecule has 0 radical (unpaired) electrons. The molecule has 1 saturated heterocycles. The molecule has 1 aromatic rings. The van der Waals surface area contributed by atoms with E-state index in [-0.39, 0.29) is 17.3 Å². The van der Waals surface area contributed by atoms with Crippen LogP contribution in [0.15, 0.2) is 29.2 Å². The molecule has 0 bridgehead atoms. The monoisotopic (exact) mass is 305 g/mol. The SMILES string of the molecule is CCCN1C(=O)S/C(=C\c2ccccc2OC(C)C)C1=O. The van der Waals surface area contributed by atoms with Crippen LogP contribution in [0.5, 0.6) is 5.75 Å². The average molecular weight is 305 g/mol. The van der Waals surface area contributed by atoms with E-state index in [2.05, 4.69) is 0 Å². The molecule has 1 fully saturated rings. The smallest absolute Gasteiger partial charge is 0.293 e. The molecule has 5 heteroatoms. The number of amides is 2. The van der Waals surface area contributed by atoms with Crippen LogP contribution in [0, 0.1) is 0 Å². The molecule has 21 heavy (non-hydrogen) atoms. The van der Waals surface area contributed by atoms with Crippen LogP contribution in [0.4, 0.5) is 4.79 Å². The molecule has 1 heterocycles. The summed E-state index contributed by atoms with van der Waals surface area (Å²) in [4.78, 5) is 25.8. The highest BCUT2D eigenvalue weighted by atomic mass is 32.2. The Kier molecular flexibility index (Phi) is 5.07. The first-order chi connectivity index (χ1) is 10.0. The maximum Gasteiger partial charge on any atom is 0.293 e. The normalized spacial score (nSPS) is 17.1. The molecular weight excluding hydrogens is 286 g/mol. The zero-order valence-corrected chi connectivity index (χ0v) is 13.3. The van der Waals surface area contributed by atoms with E-state index in [4.69, 9.17) is 4.74 Å². The highest BCUT2D eigenvalue weighted by Crippen LogP contribution is 2.34. The van der Waals surface area contributed by atoms with Gasteiger partial charge in [-0.2, -0.15) is 0 Å².